The van der Waals surface area contributed by atoms with E-state index in [0.717, 1.165) is 21.9 Å². The third-order valence-electron chi connectivity index (χ3n) is 1.94. The molecule has 0 aliphatic heterocycles. The van der Waals surface area contributed by atoms with Crippen LogP contribution in [0.2, 0.25) is 0 Å². The van der Waals surface area contributed by atoms with Crippen LogP contribution in [-0.4, -0.2) is 10.3 Å². The number of aryl methyl sites for hydroxylation is 1. The van der Waals surface area contributed by atoms with Crippen molar-refractivity contribution in [2.45, 2.75) is 12.3 Å². The minimum absolute atomic E-state index is 0.817. The van der Waals surface area contributed by atoms with Gasteiger partial charge in [-0.25, -0.2) is 4.63 Å². The van der Waals surface area contributed by atoms with E-state index in [4.69, 9.17) is 0 Å². The summed E-state index contributed by atoms with van der Waals surface area (Å²) in [5, 5.41) is 8.41. The van der Waals surface area contributed by atoms with Crippen LogP contribution in [0.25, 0.3) is 11.0 Å². The number of fused-ring (bicyclic) bond motifs is 1. The Balaban J connectivity index is 2.78. The summed E-state index contributed by atoms with van der Waals surface area (Å²) in [5.74, 6) is 0. The molecule has 0 unspecified atom stereocenters. The molecule has 0 spiro atoms. The van der Waals surface area contributed by atoms with Crippen LogP contribution in [0.3, 0.4) is 0 Å². The maximum atomic E-state index is 4.63. The highest BCUT2D eigenvalue weighted by Gasteiger charge is 2.06. The Hall–Kier alpha value is -0.900. The zero-order chi connectivity index (χ0) is 8.55. The first-order valence-electron chi connectivity index (χ1n) is 3.59. The number of nitrogens with zero attached hydrogens (tertiary/aromatic N) is 2. The van der Waals surface area contributed by atoms with Crippen LogP contribution in [-0.2, 0) is 5.33 Å². The van der Waals surface area contributed by atoms with Crippen LogP contribution in [0.4, 0.5) is 0 Å². The maximum absolute atomic E-state index is 4.63. The van der Waals surface area contributed by atoms with Gasteiger partial charge in [0.25, 0.3) is 0 Å². The SMILES string of the molecule is Cc1c(CBr)ccc2nonc12. The molecule has 3 nitrogen and oxygen atoms in total. The lowest BCUT2D eigenvalue weighted by molar-refractivity contribution is 0.315. The Labute approximate surface area is 77.8 Å². The minimum atomic E-state index is 0.817. The first kappa shape index (κ1) is 7.73. The summed E-state index contributed by atoms with van der Waals surface area (Å²) in [6.45, 7) is 2.02. The van der Waals surface area contributed by atoms with Crippen LogP contribution in [0, 0.1) is 6.92 Å². The molecule has 2 aromatic rings. The van der Waals surface area contributed by atoms with Crippen molar-refractivity contribution in [2.24, 2.45) is 0 Å². The van der Waals surface area contributed by atoms with Crippen LogP contribution in [0.5, 0.6) is 0 Å². The van der Waals surface area contributed by atoms with E-state index in [-0.39, 0.29) is 0 Å². The number of rotatable bonds is 1. The maximum Gasteiger partial charge on any atom is 0.138 e. The van der Waals surface area contributed by atoms with E-state index in [2.05, 4.69) is 30.9 Å². The molecule has 0 aliphatic carbocycles. The molecule has 0 atom stereocenters. The number of hydrogen-bond donors (Lipinski definition) is 0. The molecule has 0 aliphatic rings. The van der Waals surface area contributed by atoms with Crippen molar-refractivity contribution >= 4 is 27.0 Å². The summed E-state index contributed by atoms with van der Waals surface area (Å²) in [6, 6.07) is 3.94. The topological polar surface area (TPSA) is 38.9 Å². The number of aromatic nitrogens is 2. The van der Waals surface area contributed by atoms with Gasteiger partial charge >= 0.3 is 0 Å². The molecule has 1 aromatic carbocycles. The molecule has 0 bridgehead atoms. The van der Waals surface area contributed by atoms with Crippen LogP contribution in [0.1, 0.15) is 11.1 Å². The molecule has 0 N–H and O–H groups in total. The first-order valence-corrected chi connectivity index (χ1v) is 4.72. The Morgan fingerprint density at radius 3 is 3.00 bits per heavy atom. The monoisotopic (exact) mass is 226 g/mol. The van der Waals surface area contributed by atoms with Gasteiger partial charge in [0.1, 0.15) is 11.0 Å². The fourth-order valence-electron chi connectivity index (χ4n) is 1.17. The number of halogens is 1. The van der Waals surface area contributed by atoms with Crippen LogP contribution < -0.4 is 0 Å². The lowest BCUT2D eigenvalue weighted by Crippen LogP contribution is -1.85. The van der Waals surface area contributed by atoms with E-state index in [1.165, 1.54) is 5.56 Å². The van der Waals surface area contributed by atoms with Gasteiger partial charge in [-0.05, 0) is 34.4 Å². The van der Waals surface area contributed by atoms with Crippen molar-refractivity contribution in [3.8, 4) is 0 Å². The summed E-state index contributed by atoms with van der Waals surface area (Å²) in [4.78, 5) is 0. The van der Waals surface area contributed by atoms with E-state index in [0.29, 0.717) is 0 Å². The second kappa shape index (κ2) is 2.86. The van der Waals surface area contributed by atoms with E-state index >= 15 is 0 Å². The average Bonchev–Trinajstić information content (AvgIpc) is 2.53. The summed E-state index contributed by atoms with van der Waals surface area (Å²) in [7, 11) is 0. The summed E-state index contributed by atoms with van der Waals surface area (Å²) in [5.41, 5.74) is 4.02. The zero-order valence-electron chi connectivity index (χ0n) is 6.54. The average molecular weight is 227 g/mol. The van der Waals surface area contributed by atoms with Gasteiger partial charge in [-0.2, -0.15) is 0 Å². The summed E-state index contributed by atoms with van der Waals surface area (Å²) < 4.78 is 4.63. The first-order chi connectivity index (χ1) is 5.83. The van der Waals surface area contributed by atoms with Gasteiger partial charge in [0.2, 0.25) is 0 Å². The second-order valence-corrected chi connectivity index (χ2v) is 3.18. The van der Waals surface area contributed by atoms with Gasteiger partial charge in [-0.3, -0.25) is 0 Å². The molecule has 0 amide bonds. The predicted octanol–water partition coefficient (Wildman–Crippen LogP) is 2.43. The highest BCUT2D eigenvalue weighted by molar-refractivity contribution is 9.08. The van der Waals surface area contributed by atoms with Crippen molar-refractivity contribution in [2.75, 3.05) is 0 Å². The summed E-state index contributed by atoms with van der Waals surface area (Å²) in [6.07, 6.45) is 0. The van der Waals surface area contributed by atoms with Crippen LogP contribution in [0.15, 0.2) is 16.8 Å². The van der Waals surface area contributed by atoms with E-state index in [9.17, 15) is 0 Å². The molecule has 62 valence electrons. The third kappa shape index (κ3) is 1.03. The molecular weight excluding hydrogens is 220 g/mol. The van der Waals surface area contributed by atoms with Crippen molar-refractivity contribution in [3.05, 3.63) is 23.3 Å². The van der Waals surface area contributed by atoms with Crippen molar-refractivity contribution in [3.63, 3.8) is 0 Å². The Morgan fingerprint density at radius 1 is 1.42 bits per heavy atom. The van der Waals surface area contributed by atoms with Gasteiger partial charge in [-0.1, -0.05) is 22.0 Å². The Morgan fingerprint density at radius 2 is 2.25 bits per heavy atom. The van der Waals surface area contributed by atoms with E-state index in [1.807, 2.05) is 19.1 Å². The largest absolute Gasteiger partial charge is 0.243 e. The predicted molar refractivity (Wildman–Crippen MR) is 49.2 cm³/mol. The molecule has 0 saturated carbocycles. The molecule has 2 rings (SSSR count). The van der Waals surface area contributed by atoms with Gasteiger partial charge < -0.3 is 0 Å². The quantitative estimate of drug-likeness (QED) is 0.702. The van der Waals surface area contributed by atoms with Crippen molar-refractivity contribution < 1.29 is 4.63 Å². The van der Waals surface area contributed by atoms with Crippen molar-refractivity contribution in [1.82, 2.24) is 10.3 Å². The lowest BCUT2D eigenvalue weighted by atomic mass is 10.1. The number of hydrogen-bond acceptors (Lipinski definition) is 3. The highest BCUT2D eigenvalue weighted by atomic mass is 79.9. The molecule has 0 fully saturated rings. The second-order valence-electron chi connectivity index (χ2n) is 2.62. The fourth-order valence-corrected chi connectivity index (χ4v) is 1.77. The molecule has 12 heavy (non-hydrogen) atoms. The van der Waals surface area contributed by atoms with Gasteiger partial charge in [0.05, 0.1) is 0 Å². The molecule has 4 heteroatoms. The summed E-state index contributed by atoms with van der Waals surface area (Å²) >= 11 is 3.40. The highest BCUT2D eigenvalue weighted by Crippen LogP contribution is 2.19. The lowest BCUT2D eigenvalue weighted by Gasteiger charge is -1.98. The van der Waals surface area contributed by atoms with Gasteiger partial charge in [-0.15, -0.1) is 0 Å². The number of benzene rings is 1. The smallest absolute Gasteiger partial charge is 0.138 e. The normalized spacial score (nSPS) is 10.8. The Kier molecular flexibility index (Phi) is 1.84. The molecule has 0 saturated heterocycles. The Bertz CT molecular complexity index is 410. The molecule has 1 heterocycles. The third-order valence-corrected chi connectivity index (χ3v) is 2.54. The minimum Gasteiger partial charge on any atom is -0.243 e. The standard InChI is InChI=1S/C8H7BrN2O/c1-5-6(4-9)2-3-7-8(5)11-12-10-7/h2-3H,4H2,1H3. The molecular formula is C8H7BrN2O. The molecule has 1 aromatic heterocycles. The van der Waals surface area contributed by atoms with E-state index < -0.39 is 0 Å². The fraction of sp³-hybridized carbons (Fsp3) is 0.250. The number of alkyl halides is 1. The van der Waals surface area contributed by atoms with Gasteiger partial charge in [0, 0.05) is 5.33 Å². The van der Waals surface area contributed by atoms with Gasteiger partial charge in [0.15, 0.2) is 0 Å². The molecule has 0 radical (unpaired) electrons. The van der Waals surface area contributed by atoms with Crippen LogP contribution >= 0.6 is 15.9 Å². The van der Waals surface area contributed by atoms with E-state index in [1.54, 1.807) is 0 Å². The zero-order valence-corrected chi connectivity index (χ0v) is 8.13. The van der Waals surface area contributed by atoms with Crippen molar-refractivity contribution in [1.29, 1.82) is 0 Å².